The van der Waals surface area contributed by atoms with Crippen LogP contribution in [-0.4, -0.2) is 29.4 Å². The van der Waals surface area contributed by atoms with E-state index in [-0.39, 0.29) is 5.31 Å². The predicted octanol–water partition coefficient (Wildman–Crippen LogP) is 0.353. The molecule has 0 spiro atoms. The smallest absolute Gasteiger partial charge is 0.423 e. The van der Waals surface area contributed by atoms with E-state index in [1.54, 1.807) is 6.07 Å². The highest BCUT2D eigenvalue weighted by Gasteiger charge is 2.21. The van der Waals surface area contributed by atoms with E-state index < -0.39 is 7.12 Å². The fourth-order valence-corrected chi connectivity index (χ4v) is 1.41. The van der Waals surface area contributed by atoms with Crippen LogP contribution in [0.25, 0.3) is 0 Å². The normalized spacial score (nSPS) is 11.4. The van der Waals surface area contributed by atoms with Crippen molar-refractivity contribution in [1.29, 1.82) is 0 Å². The van der Waals surface area contributed by atoms with E-state index in [4.69, 9.17) is 21.6 Å². The van der Waals surface area contributed by atoms with Crippen molar-refractivity contribution < 1.29 is 10.0 Å². The van der Waals surface area contributed by atoms with Crippen LogP contribution in [0.15, 0.2) is 12.3 Å². The van der Waals surface area contributed by atoms with Gasteiger partial charge >= 0.3 is 7.12 Å². The molecule has 1 aromatic rings. The van der Waals surface area contributed by atoms with Crippen molar-refractivity contribution in [2.75, 3.05) is 0 Å². The second-order valence-electron chi connectivity index (χ2n) is 4.51. The molecule has 0 atom stereocenters. The summed E-state index contributed by atoms with van der Waals surface area (Å²) in [5, 5.41) is 18.5. The number of hydrogen-bond acceptors (Lipinski definition) is 3. The average molecular weight is 238 g/mol. The summed E-state index contributed by atoms with van der Waals surface area (Å²) in [6, 6.07) is 1.65. The van der Waals surface area contributed by atoms with Gasteiger partial charge in [0.1, 0.15) is 5.15 Å². The van der Waals surface area contributed by atoms with Gasteiger partial charge in [0.2, 0.25) is 0 Å². The van der Waals surface area contributed by atoms with Crippen LogP contribution >= 0.6 is 11.6 Å². The van der Waals surface area contributed by atoms with E-state index in [9.17, 15) is 0 Å². The molecule has 16 heavy (non-hydrogen) atoms. The summed E-state index contributed by atoms with van der Waals surface area (Å²) in [5.74, 6) is 0. The molecule has 0 unspecified atom stereocenters. The maximum Gasteiger partial charge on any atom is 0.489 e. The minimum Gasteiger partial charge on any atom is -0.423 e. The van der Waals surface area contributed by atoms with Crippen LogP contribution in [0.4, 0.5) is 0 Å². The van der Waals surface area contributed by atoms with Gasteiger partial charge in [0, 0.05) is 6.20 Å². The standard InChI is InChI=1S/C10H15B2ClNO2/c1-4-10(2,3)11-8-5-7(12(15)16)6-14-9(8)13/h5-6,15-16H,4H2,1-3H3. The Morgan fingerprint density at radius 2 is 2.12 bits per heavy atom. The van der Waals surface area contributed by atoms with E-state index in [2.05, 4.69) is 25.8 Å². The minimum absolute atomic E-state index is 0.00432. The van der Waals surface area contributed by atoms with Gasteiger partial charge in [-0.15, -0.1) is 0 Å². The summed E-state index contributed by atoms with van der Waals surface area (Å²) in [6.07, 6.45) is 2.33. The highest BCUT2D eigenvalue weighted by molar-refractivity contribution is 6.63. The van der Waals surface area contributed by atoms with Crippen molar-refractivity contribution in [3.8, 4) is 0 Å². The summed E-state index contributed by atoms with van der Waals surface area (Å²) in [7, 11) is 0.482. The Morgan fingerprint density at radius 3 is 2.62 bits per heavy atom. The van der Waals surface area contributed by atoms with Crippen LogP contribution in [0.5, 0.6) is 0 Å². The quantitative estimate of drug-likeness (QED) is 0.588. The van der Waals surface area contributed by atoms with Gasteiger partial charge in [-0.05, 0) is 5.46 Å². The lowest BCUT2D eigenvalue weighted by atomic mass is 9.49. The number of halogens is 1. The fourth-order valence-electron chi connectivity index (χ4n) is 1.25. The number of rotatable bonds is 4. The van der Waals surface area contributed by atoms with Crippen LogP contribution < -0.4 is 10.9 Å². The zero-order valence-electron chi connectivity index (χ0n) is 9.74. The second kappa shape index (κ2) is 5.21. The summed E-state index contributed by atoms with van der Waals surface area (Å²) in [4.78, 5) is 3.93. The number of nitrogens with zero attached hydrogens (tertiary/aromatic N) is 1. The first-order chi connectivity index (χ1) is 7.35. The number of aromatic nitrogens is 1. The monoisotopic (exact) mass is 238 g/mol. The van der Waals surface area contributed by atoms with Crippen molar-refractivity contribution in [2.45, 2.75) is 32.5 Å². The molecule has 85 valence electrons. The van der Waals surface area contributed by atoms with E-state index in [0.717, 1.165) is 11.9 Å². The molecule has 2 N–H and O–H groups in total. The summed E-state index contributed by atoms with van der Waals surface area (Å²) in [6.45, 7) is 6.26. The van der Waals surface area contributed by atoms with E-state index in [0.29, 0.717) is 10.6 Å². The molecule has 1 rings (SSSR count). The van der Waals surface area contributed by atoms with Gasteiger partial charge in [-0.25, -0.2) is 4.98 Å². The van der Waals surface area contributed by atoms with Gasteiger partial charge in [0.05, 0.1) is 0 Å². The van der Waals surface area contributed by atoms with Crippen molar-refractivity contribution in [3.63, 3.8) is 0 Å². The van der Waals surface area contributed by atoms with E-state index in [1.165, 1.54) is 6.20 Å². The Balaban J connectivity index is 2.99. The predicted molar refractivity (Wildman–Crippen MR) is 68.8 cm³/mol. The van der Waals surface area contributed by atoms with Gasteiger partial charge in [0.15, 0.2) is 7.28 Å². The molecule has 6 heteroatoms. The van der Waals surface area contributed by atoms with Crippen LogP contribution in [0.2, 0.25) is 10.5 Å². The first kappa shape index (κ1) is 13.6. The molecule has 0 saturated carbocycles. The van der Waals surface area contributed by atoms with E-state index >= 15 is 0 Å². The molecule has 1 radical (unpaired) electrons. The minimum atomic E-state index is -1.51. The molecule has 1 heterocycles. The van der Waals surface area contributed by atoms with Gasteiger partial charge in [-0.3, -0.25) is 0 Å². The Morgan fingerprint density at radius 1 is 1.50 bits per heavy atom. The molecule has 1 aromatic heterocycles. The zero-order chi connectivity index (χ0) is 12.3. The fraction of sp³-hybridized carbons (Fsp3) is 0.500. The Bertz CT molecular complexity index is 372. The van der Waals surface area contributed by atoms with Gasteiger partial charge in [-0.2, -0.15) is 0 Å². The third-order valence-electron chi connectivity index (χ3n) is 2.64. The molecule has 0 aliphatic heterocycles. The van der Waals surface area contributed by atoms with Crippen molar-refractivity contribution >= 4 is 36.9 Å². The molecule has 0 bridgehead atoms. The largest absolute Gasteiger partial charge is 0.489 e. The molecule has 0 aromatic carbocycles. The lowest BCUT2D eigenvalue weighted by Crippen LogP contribution is -2.36. The molecular weight excluding hydrogens is 223 g/mol. The van der Waals surface area contributed by atoms with Crippen LogP contribution in [0.1, 0.15) is 27.2 Å². The molecule has 0 amide bonds. The highest BCUT2D eigenvalue weighted by atomic mass is 35.5. The zero-order valence-corrected chi connectivity index (χ0v) is 10.5. The summed E-state index contributed by atoms with van der Waals surface area (Å²) in [5.41, 5.74) is 1.08. The lowest BCUT2D eigenvalue weighted by molar-refractivity contribution is 0.425. The molecule has 3 nitrogen and oxygen atoms in total. The van der Waals surface area contributed by atoms with E-state index in [1.807, 2.05) is 7.28 Å². The Kier molecular flexibility index (Phi) is 4.42. The van der Waals surface area contributed by atoms with Gasteiger partial charge in [0.25, 0.3) is 0 Å². The third kappa shape index (κ3) is 3.51. The Hall–Kier alpha value is -0.510. The first-order valence-electron chi connectivity index (χ1n) is 5.23. The lowest BCUT2D eigenvalue weighted by Gasteiger charge is -2.21. The van der Waals surface area contributed by atoms with Gasteiger partial charge < -0.3 is 10.0 Å². The summed E-state index contributed by atoms with van der Waals surface area (Å²) < 4.78 is 0. The van der Waals surface area contributed by atoms with Crippen molar-refractivity contribution in [3.05, 3.63) is 17.4 Å². The Labute approximate surface area is 102 Å². The first-order valence-corrected chi connectivity index (χ1v) is 5.61. The van der Waals surface area contributed by atoms with Crippen LogP contribution in [-0.2, 0) is 0 Å². The number of pyridine rings is 1. The molecular formula is C10H15B2ClNO2. The van der Waals surface area contributed by atoms with Crippen LogP contribution in [0, 0.1) is 0 Å². The SMILES string of the molecule is CCC(C)(C)[B]c1cc(B(O)O)cnc1Cl. The van der Waals surface area contributed by atoms with Gasteiger partial charge in [-0.1, -0.05) is 55.6 Å². The second-order valence-corrected chi connectivity index (χ2v) is 4.87. The van der Waals surface area contributed by atoms with Crippen LogP contribution in [0.3, 0.4) is 0 Å². The molecule has 0 aliphatic rings. The maximum absolute atomic E-state index is 9.05. The molecule has 0 saturated heterocycles. The number of hydrogen-bond donors (Lipinski definition) is 2. The van der Waals surface area contributed by atoms with Crippen molar-refractivity contribution in [2.24, 2.45) is 0 Å². The topological polar surface area (TPSA) is 53.4 Å². The average Bonchev–Trinajstić information content (AvgIpc) is 2.21. The van der Waals surface area contributed by atoms with Crippen molar-refractivity contribution in [1.82, 2.24) is 4.98 Å². The maximum atomic E-state index is 9.05. The molecule has 0 aliphatic carbocycles. The summed E-state index contributed by atoms with van der Waals surface area (Å²) >= 11 is 5.96. The highest BCUT2D eigenvalue weighted by Crippen LogP contribution is 2.26. The third-order valence-corrected chi connectivity index (χ3v) is 2.96. The molecule has 0 fully saturated rings.